The Morgan fingerprint density at radius 2 is 1.39 bits per heavy atom. The van der Waals surface area contributed by atoms with Gasteiger partial charge in [0.15, 0.2) is 6.10 Å². The third kappa shape index (κ3) is 6.69. The van der Waals surface area contributed by atoms with Gasteiger partial charge in [0.05, 0.1) is 0 Å². The minimum absolute atomic E-state index is 0.0206. The molecule has 0 aliphatic carbocycles. The Morgan fingerprint density at radius 1 is 0.818 bits per heavy atom. The Kier molecular flexibility index (Phi) is 8.64. The van der Waals surface area contributed by atoms with Gasteiger partial charge in [-0.3, -0.25) is 9.59 Å². The van der Waals surface area contributed by atoms with Gasteiger partial charge in [0.1, 0.15) is 5.75 Å². The number of hydrogen-bond donors (Lipinski definition) is 1. The predicted molar refractivity (Wildman–Crippen MR) is 134 cm³/mol. The van der Waals surface area contributed by atoms with E-state index in [0.717, 1.165) is 37.1 Å². The molecule has 5 heteroatoms. The van der Waals surface area contributed by atoms with Crippen LogP contribution < -0.4 is 10.1 Å². The Labute approximate surface area is 196 Å². The van der Waals surface area contributed by atoms with E-state index >= 15 is 0 Å². The van der Waals surface area contributed by atoms with Crippen LogP contribution in [0.1, 0.15) is 44.0 Å². The van der Waals surface area contributed by atoms with Crippen molar-refractivity contribution < 1.29 is 14.3 Å². The SMILES string of the molecule is CCCN(CCC)C(=O)c1ccc(NC(=O)C(C)Oc2ccc(-c3ccccc3)cc2)cc1. The van der Waals surface area contributed by atoms with Crippen molar-refractivity contribution in [2.45, 2.75) is 39.7 Å². The summed E-state index contributed by atoms with van der Waals surface area (Å²) in [5, 5.41) is 2.86. The summed E-state index contributed by atoms with van der Waals surface area (Å²) >= 11 is 0. The third-order valence-electron chi connectivity index (χ3n) is 5.32. The summed E-state index contributed by atoms with van der Waals surface area (Å²) in [4.78, 5) is 27.2. The first kappa shape index (κ1) is 24.1. The zero-order chi connectivity index (χ0) is 23.6. The second kappa shape index (κ2) is 11.9. The monoisotopic (exact) mass is 444 g/mol. The lowest BCUT2D eigenvalue weighted by Crippen LogP contribution is -2.32. The highest BCUT2D eigenvalue weighted by atomic mass is 16.5. The quantitative estimate of drug-likeness (QED) is 0.416. The molecule has 172 valence electrons. The Balaban J connectivity index is 1.56. The molecule has 0 heterocycles. The number of carbonyl (C=O) groups excluding carboxylic acids is 2. The second-order valence-electron chi connectivity index (χ2n) is 8.01. The Morgan fingerprint density at radius 3 is 1.97 bits per heavy atom. The summed E-state index contributed by atoms with van der Waals surface area (Å²) in [6.45, 7) is 7.33. The third-order valence-corrected chi connectivity index (χ3v) is 5.32. The van der Waals surface area contributed by atoms with Gasteiger partial charge in [-0.1, -0.05) is 56.3 Å². The van der Waals surface area contributed by atoms with Crippen LogP contribution in [0.3, 0.4) is 0 Å². The van der Waals surface area contributed by atoms with Gasteiger partial charge in [0, 0.05) is 24.3 Å². The molecule has 0 aliphatic heterocycles. The van der Waals surface area contributed by atoms with Crippen LogP contribution in [0.15, 0.2) is 78.9 Å². The lowest BCUT2D eigenvalue weighted by atomic mass is 10.1. The largest absolute Gasteiger partial charge is 0.481 e. The minimum Gasteiger partial charge on any atom is -0.481 e. The van der Waals surface area contributed by atoms with Gasteiger partial charge in [-0.15, -0.1) is 0 Å². The van der Waals surface area contributed by atoms with Gasteiger partial charge < -0.3 is 15.0 Å². The predicted octanol–water partition coefficient (Wildman–Crippen LogP) is 6.02. The number of benzene rings is 3. The second-order valence-corrected chi connectivity index (χ2v) is 8.01. The average molecular weight is 445 g/mol. The lowest BCUT2D eigenvalue weighted by Gasteiger charge is -2.21. The van der Waals surface area contributed by atoms with Crippen LogP contribution in [0.25, 0.3) is 11.1 Å². The van der Waals surface area contributed by atoms with Crippen molar-refractivity contribution in [3.8, 4) is 16.9 Å². The summed E-state index contributed by atoms with van der Waals surface area (Å²) in [7, 11) is 0. The Bertz CT molecular complexity index is 1030. The van der Waals surface area contributed by atoms with Gasteiger partial charge in [-0.05, 0) is 67.3 Å². The fourth-order valence-electron chi connectivity index (χ4n) is 3.59. The molecule has 0 fully saturated rings. The van der Waals surface area contributed by atoms with Crippen molar-refractivity contribution in [3.05, 3.63) is 84.4 Å². The fraction of sp³-hybridized carbons (Fsp3) is 0.286. The number of amides is 2. The zero-order valence-corrected chi connectivity index (χ0v) is 19.6. The normalized spacial score (nSPS) is 11.5. The van der Waals surface area contributed by atoms with Gasteiger partial charge in [-0.25, -0.2) is 0 Å². The van der Waals surface area contributed by atoms with E-state index in [2.05, 4.69) is 31.3 Å². The number of hydrogen-bond acceptors (Lipinski definition) is 3. The molecule has 0 radical (unpaired) electrons. The Hall–Kier alpha value is -3.60. The van der Waals surface area contributed by atoms with Crippen LogP contribution in [0.2, 0.25) is 0 Å². The van der Waals surface area contributed by atoms with E-state index in [1.807, 2.05) is 47.4 Å². The summed E-state index contributed by atoms with van der Waals surface area (Å²) < 4.78 is 5.81. The maximum absolute atomic E-state index is 12.7. The molecule has 3 aromatic carbocycles. The first-order valence-corrected chi connectivity index (χ1v) is 11.5. The van der Waals surface area contributed by atoms with E-state index in [4.69, 9.17) is 4.74 Å². The molecule has 0 saturated carbocycles. The van der Waals surface area contributed by atoms with Crippen LogP contribution in [-0.2, 0) is 4.79 Å². The highest BCUT2D eigenvalue weighted by molar-refractivity contribution is 5.96. The molecular formula is C28H32N2O3. The molecule has 0 spiro atoms. The van der Waals surface area contributed by atoms with Crippen molar-refractivity contribution in [3.63, 3.8) is 0 Å². The molecule has 33 heavy (non-hydrogen) atoms. The molecule has 1 atom stereocenters. The van der Waals surface area contributed by atoms with E-state index in [1.165, 1.54) is 0 Å². The van der Waals surface area contributed by atoms with Crippen molar-refractivity contribution in [1.82, 2.24) is 4.90 Å². The summed E-state index contributed by atoms with van der Waals surface area (Å²) in [5.74, 6) is 0.400. The molecule has 0 aliphatic rings. The summed E-state index contributed by atoms with van der Waals surface area (Å²) in [6.07, 6.45) is 1.18. The number of ether oxygens (including phenoxy) is 1. The number of rotatable bonds is 10. The average Bonchev–Trinajstić information content (AvgIpc) is 2.85. The molecule has 3 aromatic rings. The highest BCUT2D eigenvalue weighted by Gasteiger charge is 2.17. The van der Waals surface area contributed by atoms with E-state index in [1.54, 1.807) is 31.2 Å². The van der Waals surface area contributed by atoms with E-state index in [9.17, 15) is 9.59 Å². The van der Waals surface area contributed by atoms with Gasteiger partial charge in [0.25, 0.3) is 11.8 Å². The molecule has 5 nitrogen and oxygen atoms in total. The molecule has 2 amide bonds. The molecule has 0 saturated heterocycles. The molecule has 0 aromatic heterocycles. The maximum Gasteiger partial charge on any atom is 0.265 e. The van der Waals surface area contributed by atoms with Crippen LogP contribution in [0.5, 0.6) is 5.75 Å². The number of nitrogens with zero attached hydrogens (tertiary/aromatic N) is 1. The van der Waals surface area contributed by atoms with Crippen molar-refractivity contribution in [1.29, 1.82) is 0 Å². The van der Waals surface area contributed by atoms with Crippen molar-refractivity contribution in [2.75, 3.05) is 18.4 Å². The van der Waals surface area contributed by atoms with Gasteiger partial charge in [0.2, 0.25) is 0 Å². The summed E-state index contributed by atoms with van der Waals surface area (Å²) in [6, 6.07) is 24.8. The lowest BCUT2D eigenvalue weighted by molar-refractivity contribution is -0.122. The fourth-order valence-corrected chi connectivity index (χ4v) is 3.59. The molecule has 3 rings (SSSR count). The van der Waals surface area contributed by atoms with Gasteiger partial charge >= 0.3 is 0 Å². The number of anilines is 1. The van der Waals surface area contributed by atoms with Crippen LogP contribution in [0, 0.1) is 0 Å². The molecule has 1 N–H and O–H groups in total. The summed E-state index contributed by atoms with van der Waals surface area (Å²) in [5.41, 5.74) is 3.47. The van der Waals surface area contributed by atoms with E-state index < -0.39 is 6.10 Å². The minimum atomic E-state index is -0.668. The zero-order valence-electron chi connectivity index (χ0n) is 19.6. The standard InChI is InChI=1S/C28H32N2O3/c1-4-19-30(20-5-2)28(32)24-11-15-25(16-12-24)29-27(31)21(3)33-26-17-13-23(14-18-26)22-9-7-6-8-10-22/h6-18,21H,4-5,19-20H2,1-3H3,(H,29,31). The number of nitrogens with one attached hydrogen (secondary N) is 1. The van der Waals surface area contributed by atoms with Crippen molar-refractivity contribution in [2.24, 2.45) is 0 Å². The maximum atomic E-state index is 12.7. The highest BCUT2D eigenvalue weighted by Crippen LogP contribution is 2.23. The molecule has 0 bridgehead atoms. The van der Waals surface area contributed by atoms with Gasteiger partial charge in [-0.2, -0.15) is 0 Å². The molecular weight excluding hydrogens is 412 g/mol. The van der Waals surface area contributed by atoms with Crippen LogP contribution >= 0.6 is 0 Å². The van der Waals surface area contributed by atoms with Crippen LogP contribution in [-0.4, -0.2) is 35.9 Å². The van der Waals surface area contributed by atoms with E-state index in [0.29, 0.717) is 17.0 Å². The number of carbonyl (C=O) groups is 2. The topological polar surface area (TPSA) is 58.6 Å². The van der Waals surface area contributed by atoms with E-state index in [-0.39, 0.29) is 11.8 Å². The van der Waals surface area contributed by atoms with Crippen molar-refractivity contribution >= 4 is 17.5 Å². The van der Waals surface area contributed by atoms with Crippen LogP contribution in [0.4, 0.5) is 5.69 Å². The first-order valence-electron chi connectivity index (χ1n) is 11.5. The molecule has 1 unspecified atom stereocenters. The first-order chi connectivity index (χ1) is 16.0. The smallest absolute Gasteiger partial charge is 0.265 e.